The van der Waals surface area contributed by atoms with E-state index in [1.807, 2.05) is 12.1 Å². The zero-order valence-corrected chi connectivity index (χ0v) is 42.4. The highest BCUT2D eigenvalue weighted by molar-refractivity contribution is 6.06. The van der Waals surface area contributed by atoms with Gasteiger partial charge in [-0.25, -0.2) is 17.6 Å². The quantitative estimate of drug-likeness (QED) is 0.0919. The molecule has 2 fully saturated rings. The van der Waals surface area contributed by atoms with Crippen LogP contribution in [0.15, 0.2) is 97.9 Å². The standard InChI is InChI=1S/C59H64F4N10O/c1-35(70-31-43-19-41(37-9-13-64-14-10-37)23-55(51(43)33-70)72-17-5-7-39-21-47(45-27-66-68(3)29-45)49(58(60)61)25-53(39)72)57(74)36(2)71-32-44-20-42(38-11-15-65-16-12-38)24-56(52(44)34-71)73-18-6-8-40-22-48(46-28-67-69(4)30-46)50(59(62)63)26-54(40)73/h19-30,37-38,58-59,64-65H,1-2,5-18,31-34H2,3-4H3. The number of anilines is 4. The number of hydrogen-bond donors (Lipinski definition) is 2. The highest BCUT2D eigenvalue weighted by Crippen LogP contribution is 2.48. The van der Waals surface area contributed by atoms with Gasteiger partial charge >= 0.3 is 0 Å². The molecule has 0 amide bonds. The van der Waals surface area contributed by atoms with Gasteiger partial charge in [-0.3, -0.25) is 14.2 Å². The molecule has 0 spiro atoms. The summed E-state index contributed by atoms with van der Waals surface area (Å²) < 4.78 is 63.4. The molecule has 11 nitrogen and oxygen atoms in total. The van der Waals surface area contributed by atoms with Crippen LogP contribution in [0.5, 0.6) is 0 Å². The molecule has 0 atom stereocenters. The number of Topliss-reactive ketones (excluding diaryl/α,β-unsaturated/α-hetero) is 1. The molecule has 2 aromatic heterocycles. The molecule has 6 aliphatic rings. The van der Waals surface area contributed by atoms with Crippen LogP contribution in [0.3, 0.4) is 0 Å². The van der Waals surface area contributed by atoms with E-state index >= 15 is 17.6 Å². The van der Waals surface area contributed by atoms with Crippen LogP contribution < -0.4 is 20.4 Å². The summed E-state index contributed by atoms with van der Waals surface area (Å²) in [4.78, 5) is 23.5. The van der Waals surface area contributed by atoms with Gasteiger partial charge in [0.15, 0.2) is 0 Å². The van der Waals surface area contributed by atoms with E-state index in [4.69, 9.17) is 0 Å². The van der Waals surface area contributed by atoms with Gasteiger partial charge in [-0.1, -0.05) is 25.3 Å². The van der Waals surface area contributed by atoms with Crippen molar-refractivity contribution < 1.29 is 22.4 Å². The van der Waals surface area contributed by atoms with Gasteiger partial charge in [0.25, 0.3) is 12.9 Å². The lowest BCUT2D eigenvalue weighted by molar-refractivity contribution is -0.115. The van der Waals surface area contributed by atoms with E-state index in [1.54, 1.807) is 60.4 Å². The van der Waals surface area contributed by atoms with Gasteiger partial charge < -0.3 is 30.2 Å². The van der Waals surface area contributed by atoms with Gasteiger partial charge in [0.1, 0.15) is 0 Å². The number of ketones is 1. The summed E-state index contributed by atoms with van der Waals surface area (Å²) in [5.74, 6) is 0.462. The third kappa shape index (κ3) is 8.78. The van der Waals surface area contributed by atoms with Crippen molar-refractivity contribution in [1.82, 2.24) is 40.0 Å². The van der Waals surface area contributed by atoms with Crippen LogP contribution in [0.1, 0.15) is 119 Å². The number of aryl methyl sites for hydroxylation is 4. The number of rotatable bonds is 12. The van der Waals surface area contributed by atoms with E-state index in [9.17, 15) is 4.79 Å². The number of carbonyl (C=O) groups is 1. The minimum absolute atomic E-state index is 0.00961. The topological polar surface area (TPSA) is 89.7 Å². The third-order valence-corrected chi connectivity index (χ3v) is 16.8. The molecule has 8 heterocycles. The van der Waals surface area contributed by atoms with Crippen molar-refractivity contribution in [2.75, 3.05) is 49.1 Å². The molecule has 15 heteroatoms. The largest absolute Gasteiger partial charge is 0.360 e. The Balaban J connectivity index is 0.844. The Labute approximate surface area is 430 Å². The summed E-state index contributed by atoms with van der Waals surface area (Å²) >= 11 is 0. The first-order chi connectivity index (χ1) is 35.9. The summed E-state index contributed by atoms with van der Waals surface area (Å²) in [6, 6.07) is 16.5. The molecule has 0 unspecified atom stereocenters. The average molecular weight is 1010 g/mol. The number of nitrogens with one attached hydrogen (secondary N) is 2. The SMILES string of the molecule is C=C(C(=O)C(=C)N1Cc2cc(C3CCNCC3)cc(N3CCCc4cc(-c5cnn(C)c5)c(C(F)F)cc43)c2C1)N1Cc2cc(C3CCNCC3)cc(N3CCCc4cc(-c5cnn(C)c5)c(C(F)F)cc43)c2C1. The van der Waals surface area contributed by atoms with Crippen molar-refractivity contribution in [3.63, 3.8) is 0 Å². The Bertz CT molecular complexity index is 2990. The second-order valence-corrected chi connectivity index (χ2v) is 21.4. The van der Waals surface area contributed by atoms with Gasteiger partial charge in [0.2, 0.25) is 5.78 Å². The van der Waals surface area contributed by atoms with Crippen LogP contribution in [0, 0.1) is 0 Å². The van der Waals surface area contributed by atoms with Gasteiger partial charge in [-0.15, -0.1) is 0 Å². The number of fused-ring (bicyclic) bond motifs is 4. The van der Waals surface area contributed by atoms with Crippen LogP contribution in [0.25, 0.3) is 22.3 Å². The fourth-order valence-corrected chi connectivity index (χ4v) is 12.9. The minimum atomic E-state index is -2.68. The van der Waals surface area contributed by atoms with E-state index in [0.29, 0.717) is 84.8 Å². The molecule has 12 rings (SSSR count). The number of piperidine rings is 2. The third-order valence-electron chi connectivity index (χ3n) is 16.8. The van der Waals surface area contributed by atoms with E-state index in [2.05, 4.69) is 77.9 Å². The van der Waals surface area contributed by atoms with Crippen LogP contribution in [0.4, 0.5) is 40.3 Å². The lowest BCUT2D eigenvalue weighted by Gasteiger charge is -2.35. The van der Waals surface area contributed by atoms with E-state index < -0.39 is 12.9 Å². The van der Waals surface area contributed by atoms with Crippen molar-refractivity contribution >= 4 is 28.5 Å². The van der Waals surface area contributed by atoms with Crippen LogP contribution in [-0.4, -0.2) is 74.4 Å². The summed E-state index contributed by atoms with van der Waals surface area (Å²) in [5, 5.41) is 15.6. The van der Waals surface area contributed by atoms with Gasteiger partial charge in [-0.2, -0.15) is 10.2 Å². The fourth-order valence-electron chi connectivity index (χ4n) is 12.9. The molecule has 384 valence electrons. The number of aromatic nitrogens is 4. The Hall–Kier alpha value is -6.71. The Morgan fingerprint density at radius 1 is 0.568 bits per heavy atom. The van der Waals surface area contributed by atoms with E-state index in [1.165, 1.54) is 11.1 Å². The maximum absolute atomic E-state index is 15.0. The lowest BCUT2D eigenvalue weighted by Crippen LogP contribution is -2.29. The molecule has 0 saturated carbocycles. The van der Waals surface area contributed by atoms with Gasteiger partial charge in [0.05, 0.1) is 23.8 Å². The molecule has 74 heavy (non-hydrogen) atoms. The summed E-state index contributed by atoms with van der Waals surface area (Å²) in [5.41, 5.74) is 15.6. The highest BCUT2D eigenvalue weighted by Gasteiger charge is 2.36. The molecule has 6 aliphatic heterocycles. The molecule has 2 N–H and O–H groups in total. The number of halogens is 4. The Morgan fingerprint density at radius 3 is 1.36 bits per heavy atom. The molecule has 0 radical (unpaired) electrons. The van der Waals surface area contributed by atoms with Gasteiger partial charge in [-0.05, 0) is 170 Å². The van der Waals surface area contributed by atoms with Crippen molar-refractivity contribution in [3.05, 3.63) is 154 Å². The molecule has 2 saturated heterocycles. The molecule has 6 aromatic rings. The summed E-state index contributed by atoms with van der Waals surface area (Å²) in [7, 11) is 3.59. The van der Waals surface area contributed by atoms with E-state index in [0.717, 1.165) is 134 Å². The second kappa shape index (κ2) is 19.5. The zero-order chi connectivity index (χ0) is 50.9. The summed E-state index contributed by atoms with van der Waals surface area (Å²) in [6.07, 6.45) is 8.80. The molecular weight excluding hydrogens is 941 g/mol. The van der Waals surface area contributed by atoms with Crippen LogP contribution in [-0.2, 0) is 57.9 Å². The van der Waals surface area contributed by atoms with Crippen LogP contribution >= 0.6 is 0 Å². The predicted octanol–water partition coefficient (Wildman–Crippen LogP) is 11.4. The predicted molar refractivity (Wildman–Crippen MR) is 282 cm³/mol. The first-order valence-electron chi connectivity index (χ1n) is 26.4. The lowest BCUT2D eigenvalue weighted by atomic mass is 9.87. The average Bonchev–Trinajstić information content (AvgIpc) is 4.27. The highest BCUT2D eigenvalue weighted by atomic mass is 19.3. The van der Waals surface area contributed by atoms with Crippen molar-refractivity contribution in [2.24, 2.45) is 14.1 Å². The number of carbonyl (C=O) groups excluding carboxylic acids is 1. The van der Waals surface area contributed by atoms with Crippen molar-refractivity contribution in [2.45, 2.75) is 102 Å². The number of alkyl halides is 4. The van der Waals surface area contributed by atoms with E-state index in [-0.39, 0.29) is 16.9 Å². The molecule has 4 aromatic carbocycles. The monoisotopic (exact) mass is 1000 g/mol. The number of hydrogen-bond acceptors (Lipinski definition) is 9. The molecule has 0 bridgehead atoms. The van der Waals surface area contributed by atoms with Crippen molar-refractivity contribution in [1.29, 1.82) is 0 Å². The zero-order valence-electron chi connectivity index (χ0n) is 42.4. The summed E-state index contributed by atoms with van der Waals surface area (Å²) in [6.45, 7) is 15.9. The smallest absolute Gasteiger partial charge is 0.264 e. The van der Waals surface area contributed by atoms with Crippen LogP contribution in [0.2, 0.25) is 0 Å². The minimum Gasteiger partial charge on any atom is -0.360 e. The maximum atomic E-state index is 15.0. The second-order valence-electron chi connectivity index (χ2n) is 21.4. The maximum Gasteiger partial charge on any atom is 0.264 e. The number of benzene rings is 4. The van der Waals surface area contributed by atoms with Gasteiger partial charge in [0, 0.05) is 122 Å². The first-order valence-corrected chi connectivity index (χ1v) is 26.4. The first kappa shape index (κ1) is 48.2. The Kier molecular flexibility index (Phi) is 12.7. The molecular formula is C59H64F4N10O. The molecule has 0 aliphatic carbocycles. The number of nitrogens with zero attached hydrogens (tertiary/aromatic N) is 8. The normalized spacial score (nSPS) is 18.1. The van der Waals surface area contributed by atoms with Crippen molar-refractivity contribution in [3.8, 4) is 22.3 Å². The fraction of sp³-hybridized carbons (Fsp3) is 0.407. The Morgan fingerprint density at radius 2 is 0.986 bits per heavy atom.